The van der Waals surface area contributed by atoms with Crippen molar-refractivity contribution in [2.75, 3.05) is 7.11 Å². The number of carboxylic acid groups (broad SMARTS) is 1. The van der Waals surface area contributed by atoms with Crippen molar-refractivity contribution in [3.05, 3.63) is 63.8 Å². The van der Waals surface area contributed by atoms with E-state index >= 15 is 0 Å². The number of halogens is 1. The van der Waals surface area contributed by atoms with Gasteiger partial charge in [0.1, 0.15) is 12.3 Å². The molecule has 1 aliphatic rings. The smallest absolute Gasteiger partial charge is 0.335 e. The van der Waals surface area contributed by atoms with Gasteiger partial charge in [-0.2, -0.15) is 0 Å². The maximum absolute atomic E-state index is 11.6. The quantitative estimate of drug-likeness (QED) is 0.505. The minimum atomic E-state index is -1.01. The van der Waals surface area contributed by atoms with Crippen LogP contribution in [0.1, 0.15) is 21.5 Å². The lowest BCUT2D eigenvalue weighted by molar-refractivity contribution is -0.115. The van der Waals surface area contributed by atoms with Crippen LogP contribution >= 0.6 is 11.6 Å². The predicted octanol–water partition coefficient (Wildman–Crippen LogP) is 2.81. The Morgan fingerprint density at radius 3 is 2.46 bits per heavy atom. The number of nitrogens with one attached hydrogen (secondary N) is 2. The normalized spacial score (nSPS) is 14.6. The summed E-state index contributed by atoms with van der Waals surface area (Å²) in [5.41, 5.74) is 1.56. The molecular formula is C19H15ClN2O6. The Kier molecular flexibility index (Phi) is 5.51. The summed E-state index contributed by atoms with van der Waals surface area (Å²) < 4.78 is 11.0. The molecule has 0 aromatic heterocycles. The van der Waals surface area contributed by atoms with Crippen LogP contribution in [-0.2, 0) is 11.4 Å². The van der Waals surface area contributed by atoms with E-state index < -0.39 is 17.9 Å². The first-order valence-electron chi connectivity index (χ1n) is 8.04. The first-order chi connectivity index (χ1) is 13.4. The van der Waals surface area contributed by atoms with Gasteiger partial charge < -0.3 is 19.9 Å². The number of carbonyl (C=O) groups is 3. The summed E-state index contributed by atoms with van der Waals surface area (Å²) in [6.07, 6.45) is 1.46. The molecule has 2 aromatic rings. The summed E-state index contributed by atoms with van der Waals surface area (Å²) in [6.45, 7) is 0.148. The Labute approximate surface area is 164 Å². The van der Waals surface area contributed by atoms with Crippen LogP contribution in [0.4, 0.5) is 4.79 Å². The number of amides is 3. The molecule has 0 saturated carbocycles. The van der Waals surface area contributed by atoms with Gasteiger partial charge >= 0.3 is 12.0 Å². The van der Waals surface area contributed by atoms with E-state index in [1.807, 2.05) is 0 Å². The summed E-state index contributed by atoms with van der Waals surface area (Å²) in [5, 5.41) is 13.7. The third-order valence-corrected chi connectivity index (χ3v) is 4.15. The number of hydrogen-bond acceptors (Lipinski definition) is 5. The van der Waals surface area contributed by atoms with E-state index in [2.05, 4.69) is 10.6 Å². The van der Waals surface area contributed by atoms with Crippen molar-refractivity contribution in [1.29, 1.82) is 0 Å². The number of carbonyl (C=O) groups excluding carboxylic acids is 2. The van der Waals surface area contributed by atoms with Crippen molar-refractivity contribution in [2.24, 2.45) is 0 Å². The minimum absolute atomic E-state index is 0.0929. The van der Waals surface area contributed by atoms with Crippen molar-refractivity contribution in [2.45, 2.75) is 6.61 Å². The van der Waals surface area contributed by atoms with Gasteiger partial charge in [-0.05, 0) is 41.5 Å². The second-order valence-corrected chi connectivity index (χ2v) is 6.20. The van der Waals surface area contributed by atoms with Gasteiger partial charge in [-0.15, -0.1) is 0 Å². The second-order valence-electron chi connectivity index (χ2n) is 5.79. The summed E-state index contributed by atoms with van der Waals surface area (Å²) in [4.78, 5) is 33.7. The van der Waals surface area contributed by atoms with E-state index in [1.165, 1.54) is 25.3 Å². The number of ether oxygens (including phenoxy) is 2. The van der Waals surface area contributed by atoms with Gasteiger partial charge in [0, 0.05) is 0 Å². The molecule has 0 bridgehead atoms. The van der Waals surface area contributed by atoms with Crippen molar-refractivity contribution in [1.82, 2.24) is 10.6 Å². The molecular weight excluding hydrogens is 388 g/mol. The number of hydrogen-bond donors (Lipinski definition) is 3. The van der Waals surface area contributed by atoms with Gasteiger partial charge in [-0.3, -0.25) is 10.1 Å². The van der Waals surface area contributed by atoms with E-state index in [4.69, 9.17) is 26.2 Å². The highest BCUT2D eigenvalue weighted by molar-refractivity contribution is 6.32. The first kappa shape index (κ1) is 19.2. The molecule has 0 unspecified atom stereocenters. The van der Waals surface area contributed by atoms with Gasteiger partial charge in [-0.1, -0.05) is 23.7 Å². The maximum Gasteiger partial charge on any atom is 0.335 e. The zero-order valence-electron chi connectivity index (χ0n) is 14.6. The van der Waals surface area contributed by atoms with Crippen LogP contribution in [0.25, 0.3) is 6.08 Å². The fourth-order valence-electron chi connectivity index (χ4n) is 2.51. The largest absolute Gasteiger partial charge is 0.493 e. The molecule has 3 amide bonds. The molecule has 0 aliphatic carbocycles. The summed E-state index contributed by atoms with van der Waals surface area (Å²) in [7, 11) is 1.45. The standard InChI is InChI=1S/C19H15ClN2O6/c1-27-15-8-11(7-14-17(23)22-19(26)21-14)6-13(20)16(15)28-9-10-2-4-12(5-3-10)18(24)25/h2-8H,9H2,1H3,(H,24,25)(H2,21,22,23,26). The molecule has 2 aromatic carbocycles. The predicted molar refractivity (Wildman–Crippen MR) is 100 cm³/mol. The van der Waals surface area contributed by atoms with Crippen LogP contribution in [0.2, 0.25) is 5.02 Å². The summed E-state index contributed by atoms with van der Waals surface area (Å²) in [6, 6.07) is 8.83. The van der Waals surface area contributed by atoms with Crippen molar-refractivity contribution < 1.29 is 29.0 Å². The maximum atomic E-state index is 11.6. The molecule has 1 aliphatic heterocycles. The molecule has 28 heavy (non-hydrogen) atoms. The van der Waals surface area contributed by atoms with Gasteiger partial charge in [0.15, 0.2) is 11.5 Å². The Morgan fingerprint density at radius 2 is 1.89 bits per heavy atom. The highest BCUT2D eigenvalue weighted by Crippen LogP contribution is 2.37. The third-order valence-electron chi connectivity index (χ3n) is 3.87. The van der Waals surface area contributed by atoms with Crippen LogP contribution < -0.4 is 20.1 Å². The van der Waals surface area contributed by atoms with E-state index in [1.54, 1.807) is 24.3 Å². The molecule has 0 spiro atoms. The zero-order valence-corrected chi connectivity index (χ0v) is 15.4. The van der Waals surface area contributed by atoms with Crippen LogP contribution in [0, 0.1) is 0 Å². The van der Waals surface area contributed by atoms with E-state index in [0.29, 0.717) is 17.1 Å². The highest BCUT2D eigenvalue weighted by atomic mass is 35.5. The van der Waals surface area contributed by atoms with Crippen LogP contribution in [-0.4, -0.2) is 30.1 Å². The molecule has 3 rings (SSSR count). The van der Waals surface area contributed by atoms with Crippen LogP contribution in [0.5, 0.6) is 11.5 Å². The lowest BCUT2D eigenvalue weighted by atomic mass is 10.1. The van der Waals surface area contributed by atoms with Crippen molar-refractivity contribution in [3.63, 3.8) is 0 Å². The van der Waals surface area contributed by atoms with Crippen molar-refractivity contribution in [3.8, 4) is 11.5 Å². The molecule has 0 atom stereocenters. The zero-order chi connectivity index (χ0) is 20.3. The van der Waals surface area contributed by atoms with E-state index in [-0.39, 0.29) is 22.9 Å². The topological polar surface area (TPSA) is 114 Å². The molecule has 8 nitrogen and oxygen atoms in total. The van der Waals surface area contributed by atoms with E-state index in [0.717, 1.165) is 5.56 Å². The van der Waals surface area contributed by atoms with Gasteiger partial charge in [0.25, 0.3) is 5.91 Å². The Morgan fingerprint density at radius 1 is 1.18 bits per heavy atom. The first-order valence-corrected chi connectivity index (χ1v) is 8.42. The Balaban J connectivity index is 1.80. The molecule has 3 N–H and O–H groups in total. The molecule has 9 heteroatoms. The highest BCUT2D eigenvalue weighted by Gasteiger charge is 2.23. The number of benzene rings is 2. The number of urea groups is 1. The molecule has 0 radical (unpaired) electrons. The third kappa shape index (κ3) is 4.24. The molecule has 144 valence electrons. The SMILES string of the molecule is COc1cc(C=C2NC(=O)NC2=O)cc(Cl)c1OCc1ccc(C(=O)O)cc1. The lowest BCUT2D eigenvalue weighted by Crippen LogP contribution is -2.22. The van der Waals surface area contributed by atoms with Gasteiger partial charge in [0.2, 0.25) is 0 Å². The average molecular weight is 403 g/mol. The Hall–Kier alpha value is -3.52. The lowest BCUT2D eigenvalue weighted by Gasteiger charge is -2.13. The van der Waals surface area contributed by atoms with E-state index in [9.17, 15) is 14.4 Å². The molecule has 1 fully saturated rings. The van der Waals surface area contributed by atoms with Gasteiger partial charge in [0.05, 0.1) is 17.7 Å². The second kappa shape index (κ2) is 8.01. The fraction of sp³-hybridized carbons (Fsp3) is 0.105. The summed E-state index contributed by atoms with van der Waals surface area (Å²) >= 11 is 6.30. The fourth-order valence-corrected chi connectivity index (χ4v) is 2.78. The van der Waals surface area contributed by atoms with Crippen molar-refractivity contribution >= 4 is 35.6 Å². The molecule has 1 heterocycles. The number of imide groups is 1. The number of aromatic carboxylic acids is 1. The molecule has 1 saturated heterocycles. The summed E-state index contributed by atoms with van der Waals surface area (Å²) in [5.74, 6) is -0.904. The Bertz CT molecular complexity index is 985. The number of rotatable bonds is 6. The van der Waals surface area contributed by atoms with Crippen LogP contribution in [0.15, 0.2) is 42.1 Å². The average Bonchev–Trinajstić information content (AvgIpc) is 2.97. The minimum Gasteiger partial charge on any atom is -0.493 e. The number of methoxy groups -OCH3 is 1. The van der Waals surface area contributed by atoms with Crippen LogP contribution in [0.3, 0.4) is 0 Å². The monoisotopic (exact) mass is 402 g/mol. The number of carboxylic acids is 1. The van der Waals surface area contributed by atoms with Gasteiger partial charge in [-0.25, -0.2) is 9.59 Å².